The van der Waals surface area contributed by atoms with Gasteiger partial charge >= 0.3 is 0 Å². The Morgan fingerprint density at radius 1 is 0.957 bits per heavy atom. The van der Waals surface area contributed by atoms with Crippen molar-refractivity contribution in [3.05, 3.63) is 64.7 Å². The van der Waals surface area contributed by atoms with Gasteiger partial charge in [0.15, 0.2) is 0 Å². The predicted molar refractivity (Wildman–Crippen MR) is 93.1 cm³/mol. The van der Waals surface area contributed by atoms with Crippen molar-refractivity contribution in [3.63, 3.8) is 0 Å². The summed E-state index contributed by atoms with van der Waals surface area (Å²) in [6.45, 7) is 4.07. The van der Waals surface area contributed by atoms with Gasteiger partial charge in [0.05, 0.1) is 0 Å². The Hall–Kier alpha value is -1.55. The molecule has 3 nitrogen and oxygen atoms in total. The number of aliphatic hydroxyl groups excluding tert-OH is 1. The van der Waals surface area contributed by atoms with Gasteiger partial charge in [-0.3, -0.25) is 4.90 Å². The smallest absolute Gasteiger partial charge is 0.119 e. The third-order valence-corrected chi connectivity index (χ3v) is 4.51. The molecule has 1 aliphatic heterocycles. The topological polar surface area (TPSA) is 32.7 Å². The van der Waals surface area contributed by atoms with Gasteiger partial charge in [-0.2, -0.15) is 0 Å². The fourth-order valence-corrected chi connectivity index (χ4v) is 3.01. The van der Waals surface area contributed by atoms with Crippen LogP contribution in [0.3, 0.4) is 0 Å². The van der Waals surface area contributed by atoms with E-state index in [1.807, 2.05) is 36.4 Å². The number of hydrogen-bond donors (Lipinski definition) is 1. The SMILES string of the molecule is OC(c1ccc(Cl)cc1)c1ccc(OCCN2CCCC2)cc1. The van der Waals surface area contributed by atoms with Crippen molar-refractivity contribution in [2.24, 2.45) is 0 Å². The van der Waals surface area contributed by atoms with Gasteiger partial charge in [-0.15, -0.1) is 0 Å². The zero-order valence-electron chi connectivity index (χ0n) is 13.1. The summed E-state index contributed by atoms with van der Waals surface area (Å²) < 4.78 is 5.78. The molecule has 0 aliphatic carbocycles. The van der Waals surface area contributed by atoms with E-state index < -0.39 is 6.10 Å². The van der Waals surface area contributed by atoms with Crippen LogP contribution in [-0.2, 0) is 0 Å². The number of nitrogens with zero attached hydrogens (tertiary/aromatic N) is 1. The lowest BCUT2D eigenvalue weighted by Crippen LogP contribution is -2.25. The summed E-state index contributed by atoms with van der Waals surface area (Å²) in [7, 11) is 0. The Labute approximate surface area is 142 Å². The molecule has 1 saturated heterocycles. The van der Waals surface area contributed by atoms with Crippen molar-refractivity contribution < 1.29 is 9.84 Å². The molecule has 122 valence electrons. The van der Waals surface area contributed by atoms with Crippen LogP contribution in [0.15, 0.2) is 48.5 Å². The lowest BCUT2D eigenvalue weighted by Gasteiger charge is -2.15. The number of benzene rings is 2. The maximum atomic E-state index is 10.4. The number of aliphatic hydroxyl groups is 1. The Bertz CT molecular complexity index is 606. The van der Waals surface area contributed by atoms with Crippen LogP contribution in [0.4, 0.5) is 0 Å². The Morgan fingerprint density at radius 2 is 1.52 bits per heavy atom. The first-order valence-electron chi connectivity index (χ1n) is 8.11. The predicted octanol–water partition coefficient (Wildman–Crippen LogP) is 3.90. The first-order valence-corrected chi connectivity index (χ1v) is 8.49. The molecule has 1 fully saturated rings. The van der Waals surface area contributed by atoms with Crippen LogP contribution in [0.25, 0.3) is 0 Å². The van der Waals surface area contributed by atoms with Gasteiger partial charge in [-0.1, -0.05) is 35.9 Å². The largest absolute Gasteiger partial charge is 0.492 e. The second-order valence-electron chi connectivity index (χ2n) is 5.92. The number of hydrogen-bond acceptors (Lipinski definition) is 3. The van der Waals surface area contributed by atoms with E-state index in [4.69, 9.17) is 16.3 Å². The number of rotatable bonds is 6. The molecule has 1 atom stereocenters. The normalized spacial score (nSPS) is 16.4. The van der Waals surface area contributed by atoms with Gasteiger partial charge in [0.1, 0.15) is 18.5 Å². The van der Waals surface area contributed by atoms with Crippen LogP contribution in [0.5, 0.6) is 5.75 Å². The standard InChI is InChI=1S/C19H22ClNO2/c20-17-7-3-15(4-8-17)19(22)16-5-9-18(10-6-16)23-14-13-21-11-1-2-12-21/h3-10,19,22H,1-2,11-14H2. The van der Waals surface area contributed by atoms with Crippen molar-refractivity contribution in [2.75, 3.05) is 26.2 Å². The third kappa shape index (κ3) is 4.47. The molecule has 0 spiro atoms. The molecule has 2 aromatic carbocycles. The fourth-order valence-electron chi connectivity index (χ4n) is 2.88. The quantitative estimate of drug-likeness (QED) is 0.871. The average molecular weight is 332 g/mol. The summed E-state index contributed by atoms with van der Waals surface area (Å²) in [4.78, 5) is 2.43. The van der Waals surface area contributed by atoms with Gasteiger partial charge in [0.25, 0.3) is 0 Å². The van der Waals surface area contributed by atoms with Crippen LogP contribution >= 0.6 is 11.6 Å². The van der Waals surface area contributed by atoms with Crippen LogP contribution < -0.4 is 4.74 Å². The second kappa shape index (κ2) is 7.82. The highest BCUT2D eigenvalue weighted by molar-refractivity contribution is 6.30. The Kier molecular flexibility index (Phi) is 5.55. The van der Waals surface area contributed by atoms with Crippen molar-refractivity contribution in [2.45, 2.75) is 18.9 Å². The molecule has 1 heterocycles. The molecule has 0 amide bonds. The van der Waals surface area contributed by atoms with Crippen LogP contribution in [-0.4, -0.2) is 36.2 Å². The summed E-state index contributed by atoms with van der Waals surface area (Å²) in [5.74, 6) is 0.844. The van der Waals surface area contributed by atoms with Crippen molar-refractivity contribution >= 4 is 11.6 Å². The molecule has 0 bridgehead atoms. The molecule has 0 saturated carbocycles. The minimum Gasteiger partial charge on any atom is -0.492 e. The summed E-state index contributed by atoms with van der Waals surface area (Å²) >= 11 is 5.88. The van der Waals surface area contributed by atoms with Gasteiger partial charge in [0.2, 0.25) is 0 Å². The second-order valence-corrected chi connectivity index (χ2v) is 6.36. The van der Waals surface area contributed by atoms with Crippen molar-refractivity contribution in [3.8, 4) is 5.75 Å². The van der Waals surface area contributed by atoms with E-state index in [9.17, 15) is 5.11 Å². The van der Waals surface area contributed by atoms with Gasteiger partial charge in [-0.05, 0) is 61.3 Å². The van der Waals surface area contributed by atoms with E-state index in [0.29, 0.717) is 11.6 Å². The molecule has 3 rings (SSSR count). The maximum absolute atomic E-state index is 10.4. The number of likely N-dealkylation sites (tertiary alicyclic amines) is 1. The van der Waals surface area contributed by atoms with Gasteiger partial charge < -0.3 is 9.84 Å². The maximum Gasteiger partial charge on any atom is 0.119 e. The van der Waals surface area contributed by atoms with E-state index in [0.717, 1.165) is 23.4 Å². The van der Waals surface area contributed by atoms with Crippen molar-refractivity contribution in [1.82, 2.24) is 4.90 Å². The lowest BCUT2D eigenvalue weighted by atomic mass is 10.0. The summed E-state index contributed by atoms with van der Waals surface area (Å²) in [6, 6.07) is 14.9. The molecule has 1 unspecified atom stereocenters. The molecular weight excluding hydrogens is 310 g/mol. The molecule has 0 radical (unpaired) electrons. The van der Waals surface area contributed by atoms with Crippen LogP contribution in [0.1, 0.15) is 30.1 Å². The van der Waals surface area contributed by atoms with Crippen LogP contribution in [0.2, 0.25) is 5.02 Å². The zero-order chi connectivity index (χ0) is 16.1. The number of halogens is 1. The summed E-state index contributed by atoms with van der Waals surface area (Å²) in [6.07, 6.45) is 1.96. The third-order valence-electron chi connectivity index (χ3n) is 4.26. The van der Waals surface area contributed by atoms with Crippen LogP contribution in [0, 0.1) is 0 Å². The zero-order valence-corrected chi connectivity index (χ0v) is 13.9. The van der Waals surface area contributed by atoms with E-state index in [1.165, 1.54) is 25.9 Å². The highest BCUT2D eigenvalue weighted by atomic mass is 35.5. The number of ether oxygens (including phenoxy) is 1. The first-order chi connectivity index (χ1) is 11.2. The molecule has 4 heteroatoms. The van der Waals surface area contributed by atoms with Gasteiger partial charge in [-0.25, -0.2) is 0 Å². The first kappa shape index (κ1) is 16.3. The summed E-state index contributed by atoms with van der Waals surface area (Å²) in [5, 5.41) is 11.1. The molecule has 1 aliphatic rings. The van der Waals surface area contributed by atoms with E-state index >= 15 is 0 Å². The fraction of sp³-hybridized carbons (Fsp3) is 0.368. The minimum atomic E-state index is -0.647. The molecule has 0 aromatic heterocycles. The van der Waals surface area contributed by atoms with E-state index in [1.54, 1.807) is 12.1 Å². The molecule has 23 heavy (non-hydrogen) atoms. The lowest BCUT2D eigenvalue weighted by molar-refractivity contribution is 0.219. The molecular formula is C19H22ClNO2. The highest BCUT2D eigenvalue weighted by Crippen LogP contribution is 2.25. The van der Waals surface area contributed by atoms with E-state index in [2.05, 4.69) is 4.90 Å². The highest BCUT2D eigenvalue weighted by Gasteiger charge is 2.12. The van der Waals surface area contributed by atoms with Crippen molar-refractivity contribution in [1.29, 1.82) is 0 Å². The van der Waals surface area contributed by atoms with E-state index in [-0.39, 0.29) is 0 Å². The molecule has 2 aromatic rings. The van der Waals surface area contributed by atoms with Gasteiger partial charge in [0, 0.05) is 11.6 Å². The average Bonchev–Trinajstić information content (AvgIpc) is 3.09. The minimum absolute atomic E-state index is 0.647. The Morgan fingerprint density at radius 3 is 2.13 bits per heavy atom. The molecule has 1 N–H and O–H groups in total. The Balaban J connectivity index is 1.54. The monoisotopic (exact) mass is 331 g/mol. The summed E-state index contributed by atoms with van der Waals surface area (Å²) in [5.41, 5.74) is 1.68.